The highest BCUT2D eigenvalue weighted by molar-refractivity contribution is 9.10. The molecule has 1 saturated heterocycles. The summed E-state index contributed by atoms with van der Waals surface area (Å²) in [4.78, 5) is 6.71. The Labute approximate surface area is 125 Å². The van der Waals surface area contributed by atoms with Crippen LogP contribution in [0.1, 0.15) is 19.8 Å². The topological polar surface area (TPSA) is 84.0 Å². The third-order valence-electron chi connectivity index (χ3n) is 3.84. The summed E-state index contributed by atoms with van der Waals surface area (Å²) < 4.78 is 6.16. The van der Waals surface area contributed by atoms with Crippen LogP contribution < -0.4 is 10.6 Å². The third-order valence-corrected chi connectivity index (χ3v) is 4.26. The molecule has 0 radical (unpaired) electrons. The minimum atomic E-state index is 0.146. The van der Waals surface area contributed by atoms with Gasteiger partial charge in [0.15, 0.2) is 16.3 Å². The summed E-state index contributed by atoms with van der Waals surface area (Å²) in [5.41, 5.74) is 6.03. The van der Waals surface area contributed by atoms with Gasteiger partial charge in [0.25, 0.3) is 0 Å². The molecule has 1 atom stereocenters. The number of nitrogens with two attached hydrogens (primary N) is 1. The number of nitrogens with one attached hydrogen (secondary N) is 1. The standard InChI is InChI=1S/C13H18BrN5O/c1-13(7-15)5-2-6-19(8-13)12-16-11(17-18-12)9-3-4-10(14)20-9/h3-4H,2,5-8,15H2,1H3,(H,16,17,18). The number of nitrogens with zero attached hydrogens (tertiary/aromatic N) is 3. The number of hydrogen-bond acceptors (Lipinski definition) is 5. The molecule has 1 fully saturated rings. The average molecular weight is 340 g/mol. The van der Waals surface area contributed by atoms with Crippen molar-refractivity contribution in [3.05, 3.63) is 16.8 Å². The fourth-order valence-corrected chi connectivity index (χ4v) is 2.91. The lowest BCUT2D eigenvalue weighted by Crippen LogP contribution is -2.46. The van der Waals surface area contributed by atoms with E-state index in [-0.39, 0.29) is 5.41 Å². The van der Waals surface area contributed by atoms with Crippen LogP contribution in [0, 0.1) is 5.41 Å². The van der Waals surface area contributed by atoms with E-state index in [1.807, 2.05) is 12.1 Å². The SMILES string of the molecule is CC1(CN)CCCN(c2n[nH]c(-c3ccc(Br)o3)n2)C1. The van der Waals surface area contributed by atoms with E-state index in [4.69, 9.17) is 10.2 Å². The Morgan fingerprint density at radius 2 is 2.40 bits per heavy atom. The van der Waals surface area contributed by atoms with E-state index in [0.29, 0.717) is 28.7 Å². The summed E-state index contributed by atoms with van der Waals surface area (Å²) in [6.07, 6.45) is 2.27. The second-order valence-electron chi connectivity index (χ2n) is 5.63. The largest absolute Gasteiger partial charge is 0.446 e. The molecule has 0 aliphatic carbocycles. The van der Waals surface area contributed by atoms with Crippen LogP contribution in [0.25, 0.3) is 11.6 Å². The summed E-state index contributed by atoms with van der Waals surface area (Å²) >= 11 is 3.28. The van der Waals surface area contributed by atoms with Gasteiger partial charge in [0.1, 0.15) is 0 Å². The zero-order valence-corrected chi connectivity index (χ0v) is 13.0. The Bertz CT molecular complexity index is 595. The van der Waals surface area contributed by atoms with Crippen molar-refractivity contribution in [3.8, 4) is 11.6 Å². The van der Waals surface area contributed by atoms with E-state index >= 15 is 0 Å². The summed E-state index contributed by atoms with van der Waals surface area (Å²) in [5.74, 6) is 2.03. The molecule has 2 aromatic heterocycles. The molecule has 7 heteroatoms. The van der Waals surface area contributed by atoms with Crippen molar-refractivity contribution >= 4 is 21.9 Å². The molecule has 0 spiro atoms. The molecule has 6 nitrogen and oxygen atoms in total. The van der Waals surface area contributed by atoms with Crippen LogP contribution in [0.2, 0.25) is 0 Å². The Hall–Kier alpha value is -1.34. The van der Waals surface area contributed by atoms with Crippen LogP contribution in [0.5, 0.6) is 0 Å². The lowest BCUT2D eigenvalue weighted by atomic mass is 9.82. The van der Waals surface area contributed by atoms with Crippen molar-refractivity contribution in [2.75, 3.05) is 24.5 Å². The number of aromatic amines is 1. The molecule has 108 valence electrons. The minimum absolute atomic E-state index is 0.146. The van der Waals surface area contributed by atoms with Gasteiger partial charge in [-0.05, 0) is 52.9 Å². The number of H-pyrrole nitrogens is 1. The second-order valence-corrected chi connectivity index (χ2v) is 6.41. The van der Waals surface area contributed by atoms with E-state index in [1.54, 1.807) is 0 Å². The molecule has 3 rings (SSSR count). The van der Waals surface area contributed by atoms with Crippen LogP contribution in [-0.4, -0.2) is 34.8 Å². The van der Waals surface area contributed by atoms with Gasteiger partial charge in [0.2, 0.25) is 5.95 Å². The van der Waals surface area contributed by atoms with Gasteiger partial charge in [-0.15, -0.1) is 5.10 Å². The Morgan fingerprint density at radius 1 is 1.55 bits per heavy atom. The molecule has 2 aromatic rings. The van der Waals surface area contributed by atoms with Crippen molar-refractivity contribution in [2.45, 2.75) is 19.8 Å². The summed E-state index contributed by atoms with van der Waals surface area (Å²) in [6.45, 7) is 4.76. The Morgan fingerprint density at radius 3 is 3.10 bits per heavy atom. The Kier molecular flexibility index (Phi) is 3.55. The molecule has 3 N–H and O–H groups in total. The number of furan rings is 1. The molecule has 0 aromatic carbocycles. The van der Waals surface area contributed by atoms with Gasteiger partial charge in [-0.25, -0.2) is 0 Å². The fourth-order valence-electron chi connectivity index (χ4n) is 2.60. The van der Waals surface area contributed by atoms with Crippen LogP contribution in [-0.2, 0) is 0 Å². The van der Waals surface area contributed by atoms with Gasteiger partial charge in [0, 0.05) is 13.1 Å². The maximum Gasteiger partial charge on any atom is 0.245 e. The molecule has 0 amide bonds. The molecule has 20 heavy (non-hydrogen) atoms. The van der Waals surface area contributed by atoms with Crippen molar-refractivity contribution in [1.82, 2.24) is 15.2 Å². The highest BCUT2D eigenvalue weighted by Gasteiger charge is 2.31. The van der Waals surface area contributed by atoms with Crippen molar-refractivity contribution < 1.29 is 4.42 Å². The average Bonchev–Trinajstić information content (AvgIpc) is 3.07. The zero-order valence-electron chi connectivity index (χ0n) is 11.4. The molecular weight excluding hydrogens is 322 g/mol. The van der Waals surface area contributed by atoms with Gasteiger partial charge in [-0.3, -0.25) is 5.10 Å². The Balaban J connectivity index is 1.80. The van der Waals surface area contributed by atoms with Gasteiger partial charge in [-0.1, -0.05) is 6.92 Å². The zero-order chi connectivity index (χ0) is 14.2. The lowest BCUT2D eigenvalue weighted by Gasteiger charge is -2.39. The first kappa shape index (κ1) is 13.6. The molecule has 0 bridgehead atoms. The number of anilines is 1. The molecule has 1 aliphatic heterocycles. The predicted octanol–water partition coefficient (Wildman–Crippen LogP) is 2.39. The van der Waals surface area contributed by atoms with Crippen LogP contribution in [0.4, 0.5) is 5.95 Å². The smallest absolute Gasteiger partial charge is 0.245 e. The first-order chi connectivity index (χ1) is 9.59. The number of rotatable bonds is 3. The number of halogens is 1. The van der Waals surface area contributed by atoms with Gasteiger partial charge >= 0.3 is 0 Å². The van der Waals surface area contributed by atoms with Gasteiger partial charge in [-0.2, -0.15) is 4.98 Å². The van der Waals surface area contributed by atoms with E-state index in [2.05, 4.69) is 42.9 Å². The number of hydrogen-bond donors (Lipinski definition) is 2. The van der Waals surface area contributed by atoms with Crippen molar-refractivity contribution in [2.24, 2.45) is 11.1 Å². The second kappa shape index (κ2) is 5.21. The van der Waals surface area contributed by atoms with Crippen molar-refractivity contribution in [1.29, 1.82) is 0 Å². The molecule has 3 heterocycles. The molecule has 1 aliphatic rings. The van der Waals surface area contributed by atoms with Gasteiger partial charge < -0.3 is 15.1 Å². The quantitative estimate of drug-likeness (QED) is 0.896. The summed E-state index contributed by atoms with van der Waals surface area (Å²) in [7, 11) is 0. The third kappa shape index (κ3) is 2.60. The molecule has 1 unspecified atom stereocenters. The monoisotopic (exact) mass is 339 g/mol. The van der Waals surface area contributed by atoms with Crippen LogP contribution in [0.15, 0.2) is 21.2 Å². The highest BCUT2D eigenvalue weighted by Crippen LogP contribution is 2.30. The van der Waals surface area contributed by atoms with Gasteiger partial charge in [0.05, 0.1) is 0 Å². The van der Waals surface area contributed by atoms with Crippen LogP contribution >= 0.6 is 15.9 Å². The predicted molar refractivity (Wildman–Crippen MR) is 80.4 cm³/mol. The normalized spacial score (nSPS) is 23.2. The number of aromatic nitrogens is 3. The van der Waals surface area contributed by atoms with Crippen LogP contribution in [0.3, 0.4) is 0 Å². The fraction of sp³-hybridized carbons (Fsp3) is 0.538. The first-order valence-corrected chi connectivity index (χ1v) is 7.52. The van der Waals surface area contributed by atoms with E-state index in [1.165, 1.54) is 0 Å². The van der Waals surface area contributed by atoms with Crippen molar-refractivity contribution in [3.63, 3.8) is 0 Å². The number of piperidine rings is 1. The molecule has 0 saturated carbocycles. The lowest BCUT2D eigenvalue weighted by molar-refractivity contribution is 0.270. The van der Waals surface area contributed by atoms with E-state index < -0.39 is 0 Å². The maximum atomic E-state index is 5.88. The summed E-state index contributed by atoms with van der Waals surface area (Å²) in [5, 5.41) is 7.23. The molecular formula is C13H18BrN5O. The van der Waals surface area contributed by atoms with E-state index in [0.717, 1.165) is 25.9 Å². The first-order valence-electron chi connectivity index (χ1n) is 6.73. The van der Waals surface area contributed by atoms with E-state index in [9.17, 15) is 0 Å². The highest BCUT2D eigenvalue weighted by atomic mass is 79.9. The minimum Gasteiger partial charge on any atom is -0.446 e. The summed E-state index contributed by atoms with van der Waals surface area (Å²) in [6, 6.07) is 3.69. The maximum absolute atomic E-state index is 5.88.